The largest absolute Gasteiger partial charge is 0.372 e. The van der Waals surface area contributed by atoms with Crippen molar-refractivity contribution < 1.29 is 0 Å². The second kappa shape index (κ2) is 7.66. The molecular weight excluding hydrogens is 324 g/mol. The van der Waals surface area contributed by atoms with Crippen LogP contribution in [0.4, 0.5) is 5.69 Å². The van der Waals surface area contributed by atoms with Crippen LogP contribution in [0.2, 0.25) is 0 Å². The van der Waals surface area contributed by atoms with Crippen LogP contribution >= 0.6 is 0 Å². The van der Waals surface area contributed by atoms with Crippen molar-refractivity contribution in [3.8, 4) is 6.07 Å². The topological polar surface area (TPSA) is 72.8 Å². The maximum absolute atomic E-state index is 12.2. The second-order valence-corrected chi connectivity index (χ2v) is 5.87. The van der Waals surface area contributed by atoms with Gasteiger partial charge >= 0.3 is 0 Å². The summed E-state index contributed by atoms with van der Waals surface area (Å²) in [5.74, 6) is 0.281. The summed E-state index contributed by atoms with van der Waals surface area (Å²) in [7, 11) is 0. The fourth-order valence-corrected chi connectivity index (χ4v) is 2.90. The first-order chi connectivity index (χ1) is 12.7. The number of nitrogens with zero attached hydrogens (tertiary/aromatic N) is 3. The van der Waals surface area contributed by atoms with Gasteiger partial charge in [0.2, 0.25) is 0 Å². The molecule has 0 spiro atoms. The van der Waals surface area contributed by atoms with Crippen molar-refractivity contribution >= 4 is 28.2 Å². The summed E-state index contributed by atoms with van der Waals surface area (Å²) in [6, 6.07) is 17.2. The number of allylic oxidation sites excluding steroid dienone is 1. The van der Waals surface area contributed by atoms with Crippen molar-refractivity contribution in [1.82, 2.24) is 9.97 Å². The van der Waals surface area contributed by atoms with Crippen LogP contribution in [0.5, 0.6) is 0 Å². The number of aromatic nitrogens is 2. The van der Waals surface area contributed by atoms with E-state index < -0.39 is 0 Å². The van der Waals surface area contributed by atoms with E-state index in [1.54, 1.807) is 24.3 Å². The number of rotatable bonds is 5. The smallest absolute Gasteiger partial charge is 0.259 e. The highest BCUT2D eigenvalue weighted by molar-refractivity contribution is 5.89. The molecule has 0 atom stereocenters. The zero-order valence-electron chi connectivity index (χ0n) is 14.9. The number of nitriles is 1. The Bertz CT molecular complexity index is 1040. The average Bonchev–Trinajstić information content (AvgIpc) is 2.68. The van der Waals surface area contributed by atoms with E-state index in [4.69, 9.17) is 0 Å². The Kier molecular flexibility index (Phi) is 5.14. The molecule has 0 saturated carbocycles. The van der Waals surface area contributed by atoms with Crippen molar-refractivity contribution in [1.29, 1.82) is 5.26 Å². The van der Waals surface area contributed by atoms with Gasteiger partial charge in [0.05, 0.1) is 16.5 Å². The summed E-state index contributed by atoms with van der Waals surface area (Å²) in [6.45, 7) is 6.12. The molecule has 0 unspecified atom stereocenters. The van der Waals surface area contributed by atoms with Crippen LogP contribution in [0.3, 0.4) is 0 Å². The Labute approximate surface area is 152 Å². The molecule has 0 saturated heterocycles. The number of H-pyrrole nitrogens is 1. The zero-order chi connectivity index (χ0) is 18.5. The van der Waals surface area contributed by atoms with Crippen LogP contribution in [-0.2, 0) is 0 Å². The predicted octanol–water partition coefficient (Wildman–Crippen LogP) is 3.83. The molecule has 5 nitrogen and oxygen atoms in total. The maximum Gasteiger partial charge on any atom is 0.259 e. The van der Waals surface area contributed by atoms with Gasteiger partial charge in [-0.05, 0) is 49.8 Å². The van der Waals surface area contributed by atoms with Gasteiger partial charge in [-0.3, -0.25) is 4.79 Å². The number of para-hydroxylation sites is 1. The maximum atomic E-state index is 12.2. The van der Waals surface area contributed by atoms with Crippen molar-refractivity contribution in [2.24, 2.45) is 0 Å². The van der Waals surface area contributed by atoms with E-state index in [0.717, 1.165) is 24.3 Å². The lowest BCUT2D eigenvalue weighted by Gasteiger charge is -2.20. The molecule has 1 N–H and O–H groups in total. The van der Waals surface area contributed by atoms with E-state index in [0.29, 0.717) is 16.5 Å². The van der Waals surface area contributed by atoms with Gasteiger partial charge in [-0.15, -0.1) is 0 Å². The molecule has 3 rings (SSSR count). The molecule has 0 radical (unpaired) electrons. The Morgan fingerprint density at radius 1 is 1.15 bits per heavy atom. The molecule has 5 heteroatoms. The minimum Gasteiger partial charge on any atom is -0.372 e. The average molecular weight is 344 g/mol. The third kappa shape index (κ3) is 3.50. The highest BCUT2D eigenvalue weighted by Crippen LogP contribution is 2.19. The zero-order valence-corrected chi connectivity index (χ0v) is 14.9. The van der Waals surface area contributed by atoms with E-state index in [2.05, 4.69) is 34.8 Å². The Balaban J connectivity index is 1.99. The molecule has 0 amide bonds. The minimum atomic E-state index is -0.247. The molecule has 3 aromatic rings. The monoisotopic (exact) mass is 344 g/mol. The van der Waals surface area contributed by atoms with E-state index in [-0.39, 0.29) is 11.4 Å². The molecule has 1 aromatic heterocycles. The molecular formula is C21H20N4O. The number of hydrogen-bond donors (Lipinski definition) is 1. The number of benzene rings is 2. The fourth-order valence-electron chi connectivity index (χ4n) is 2.90. The van der Waals surface area contributed by atoms with E-state index in [9.17, 15) is 10.1 Å². The summed E-state index contributed by atoms with van der Waals surface area (Å²) in [4.78, 5) is 21.6. The summed E-state index contributed by atoms with van der Waals surface area (Å²) >= 11 is 0. The van der Waals surface area contributed by atoms with Crippen LogP contribution in [-0.4, -0.2) is 23.1 Å². The highest BCUT2D eigenvalue weighted by atomic mass is 16.1. The predicted molar refractivity (Wildman–Crippen MR) is 106 cm³/mol. The Morgan fingerprint density at radius 2 is 1.85 bits per heavy atom. The normalized spacial score (nSPS) is 11.3. The quantitative estimate of drug-likeness (QED) is 0.714. The Morgan fingerprint density at radius 3 is 2.50 bits per heavy atom. The van der Waals surface area contributed by atoms with Gasteiger partial charge < -0.3 is 9.88 Å². The first kappa shape index (κ1) is 17.4. The third-order valence-electron chi connectivity index (χ3n) is 4.32. The van der Waals surface area contributed by atoms with Crippen LogP contribution in [0, 0.1) is 11.3 Å². The molecule has 0 fully saturated rings. The van der Waals surface area contributed by atoms with Gasteiger partial charge in [-0.25, -0.2) is 4.98 Å². The SMILES string of the molecule is CCN(CC)c1ccc(C=C(C#N)c2nc3ccccc3c(=O)[nH]2)cc1. The third-order valence-corrected chi connectivity index (χ3v) is 4.32. The summed E-state index contributed by atoms with van der Waals surface area (Å²) < 4.78 is 0. The lowest BCUT2D eigenvalue weighted by atomic mass is 10.1. The number of hydrogen-bond acceptors (Lipinski definition) is 4. The van der Waals surface area contributed by atoms with E-state index in [1.165, 1.54) is 0 Å². The van der Waals surface area contributed by atoms with Gasteiger partial charge in [-0.1, -0.05) is 24.3 Å². The second-order valence-electron chi connectivity index (χ2n) is 5.87. The molecule has 0 bridgehead atoms. The van der Waals surface area contributed by atoms with Crippen LogP contribution in [0.25, 0.3) is 22.6 Å². The van der Waals surface area contributed by atoms with Gasteiger partial charge in [0.25, 0.3) is 5.56 Å². The summed E-state index contributed by atoms with van der Waals surface area (Å²) in [5, 5.41) is 10.0. The van der Waals surface area contributed by atoms with Crippen molar-refractivity contribution in [3.05, 3.63) is 70.3 Å². The van der Waals surface area contributed by atoms with Crippen LogP contribution in [0.1, 0.15) is 25.2 Å². The molecule has 0 aliphatic rings. The standard InChI is InChI=1S/C21H20N4O/c1-3-25(4-2)17-11-9-15(10-12-17)13-16(14-22)20-23-19-8-6-5-7-18(19)21(26)24-20/h5-13H,3-4H2,1-2H3,(H,23,24,26). The van der Waals surface area contributed by atoms with Gasteiger partial charge in [0.15, 0.2) is 5.82 Å². The number of fused-ring (bicyclic) bond motifs is 1. The van der Waals surface area contributed by atoms with E-state index >= 15 is 0 Å². The molecule has 0 aliphatic heterocycles. The first-order valence-electron chi connectivity index (χ1n) is 8.62. The van der Waals surface area contributed by atoms with E-state index in [1.807, 2.05) is 30.3 Å². The van der Waals surface area contributed by atoms with Crippen molar-refractivity contribution in [2.45, 2.75) is 13.8 Å². The Hall–Kier alpha value is -3.39. The lowest BCUT2D eigenvalue weighted by Crippen LogP contribution is -2.21. The van der Waals surface area contributed by atoms with Gasteiger partial charge in [-0.2, -0.15) is 5.26 Å². The fraction of sp³-hybridized carbons (Fsp3) is 0.190. The molecule has 130 valence electrons. The van der Waals surface area contributed by atoms with Gasteiger partial charge in [0, 0.05) is 18.8 Å². The van der Waals surface area contributed by atoms with Crippen LogP contribution in [0.15, 0.2) is 53.3 Å². The lowest BCUT2D eigenvalue weighted by molar-refractivity contribution is 0.866. The summed E-state index contributed by atoms with van der Waals surface area (Å²) in [6.07, 6.45) is 1.74. The first-order valence-corrected chi connectivity index (χ1v) is 8.62. The molecule has 26 heavy (non-hydrogen) atoms. The number of anilines is 1. The minimum absolute atomic E-state index is 0.247. The molecule has 0 aliphatic carbocycles. The van der Waals surface area contributed by atoms with Crippen molar-refractivity contribution in [2.75, 3.05) is 18.0 Å². The molecule has 1 heterocycles. The number of nitrogens with one attached hydrogen (secondary N) is 1. The van der Waals surface area contributed by atoms with Gasteiger partial charge in [0.1, 0.15) is 6.07 Å². The highest BCUT2D eigenvalue weighted by Gasteiger charge is 2.08. The molecule has 2 aromatic carbocycles. The summed E-state index contributed by atoms with van der Waals surface area (Å²) in [5.41, 5.74) is 2.67. The van der Waals surface area contributed by atoms with Crippen molar-refractivity contribution in [3.63, 3.8) is 0 Å². The van der Waals surface area contributed by atoms with Crippen LogP contribution < -0.4 is 10.5 Å². The number of aromatic amines is 1.